The number of rotatable bonds is 6. The maximum absolute atomic E-state index is 4.84. The number of benzene rings is 2. The summed E-state index contributed by atoms with van der Waals surface area (Å²) < 4.78 is 0. The van der Waals surface area contributed by atoms with Crippen LogP contribution in [0.5, 0.6) is 0 Å². The molecule has 4 nitrogen and oxygen atoms in total. The van der Waals surface area contributed by atoms with Crippen LogP contribution in [-0.2, 0) is 5.41 Å². The van der Waals surface area contributed by atoms with Crippen molar-refractivity contribution in [2.24, 2.45) is 0 Å². The van der Waals surface area contributed by atoms with Gasteiger partial charge in [0.05, 0.1) is 11.4 Å². The van der Waals surface area contributed by atoms with Crippen molar-refractivity contribution in [1.29, 1.82) is 0 Å². The van der Waals surface area contributed by atoms with E-state index >= 15 is 0 Å². The first-order chi connectivity index (χ1) is 15.0. The number of fused-ring (bicyclic) bond motifs is 2. The van der Waals surface area contributed by atoms with Crippen LogP contribution in [0, 0.1) is 0 Å². The summed E-state index contributed by atoms with van der Waals surface area (Å²) in [5.41, 5.74) is 9.21. The molecule has 158 valence electrons. The molecule has 2 heterocycles. The second kappa shape index (κ2) is 7.52. The van der Waals surface area contributed by atoms with Crippen LogP contribution in [0.4, 0.5) is 5.69 Å². The molecule has 0 radical (unpaired) electrons. The van der Waals surface area contributed by atoms with Crippen molar-refractivity contribution in [2.45, 2.75) is 51.9 Å². The Bertz CT molecular complexity index is 1210. The Balaban J connectivity index is 1.47. The van der Waals surface area contributed by atoms with E-state index in [1.165, 1.54) is 35.2 Å². The summed E-state index contributed by atoms with van der Waals surface area (Å²) in [5, 5.41) is 9.65. The Morgan fingerprint density at radius 3 is 2.55 bits per heavy atom. The van der Waals surface area contributed by atoms with Crippen LogP contribution < -0.4 is 4.90 Å². The third kappa shape index (κ3) is 3.31. The molecule has 0 amide bonds. The van der Waals surface area contributed by atoms with Gasteiger partial charge in [-0.2, -0.15) is 4.80 Å². The van der Waals surface area contributed by atoms with Crippen molar-refractivity contribution < 1.29 is 0 Å². The molecule has 3 aromatic rings. The molecule has 31 heavy (non-hydrogen) atoms. The van der Waals surface area contributed by atoms with Gasteiger partial charge in [0.1, 0.15) is 11.0 Å². The standard InChI is InChI=1S/C27H30N4/c1-5-6-15-30-19(2)23-17-24-25(18-26(23)30)29-31(28-24)22-14-10-13-21(16-22)27(3,4)20-11-8-7-9-12-20/h7-9,11-12,14,16-18H,2,5-6,10,13,15H2,1,3-4H3. The third-order valence-electron chi connectivity index (χ3n) is 6.78. The van der Waals surface area contributed by atoms with Gasteiger partial charge in [-0.15, -0.1) is 10.2 Å². The second-order valence-corrected chi connectivity index (χ2v) is 9.13. The van der Waals surface area contributed by atoms with Gasteiger partial charge in [0.25, 0.3) is 0 Å². The predicted molar refractivity (Wildman–Crippen MR) is 130 cm³/mol. The van der Waals surface area contributed by atoms with E-state index in [4.69, 9.17) is 10.2 Å². The minimum atomic E-state index is -0.0197. The summed E-state index contributed by atoms with van der Waals surface area (Å²) >= 11 is 0. The zero-order chi connectivity index (χ0) is 21.6. The maximum Gasteiger partial charge on any atom is 0.115 e. The normalized spacial score (nSPS) is 16.1. The summed E-state index contributed by atoms with van der Waals surface area (Å²) in [4.78, 5) is 4.11. The Morgan fingerprint density at radius 2 is 1.81 bits per heavy atom. The van der Waals surface area contributed by atoms with Gasteiger partial charge >= 0.3 is 0 Å². The van der Waals surface area contributed by atoms with E-state index in [9.17, 15) is 0 Å². The Kier molecular flexibility index (Phi) is 4.81. The van der Waals surface area contributed by atoms with Crippen LogP contribution in [0.3, 0.4) is 0 Å². The smallest absolute Gasteiger partial charge is 0.115 e. The van der Waals surface area contributed by atoms with E-state index < -0.39 is 0 Å². The first-order valence-corrected chi connectivity index (χ1v) is 11.3. The summed E-state index contributed by atoms with van der Waals surface area (Å²) in [7, 11) is 0. The van der Waals surface area contributed by atoms with Crippen LogP contribution in [0.2, 0.25) is 0 Å². The molecule has 0 N–H and O–H groups in total. The first kappa shape index (κ1) is 19.8. The van der Waals surface area contributed by atoms with E-state index in [1.54, 1.807) is 0 Å². The number of hydrogen-bond donors (Lipinski definition) is 0. The SMILES string of the molecule is C=C1c2cc3nn(C4=CCCC(C(C)(C)c5ccccc5)=C4)nc3cc2N1CCCC. The van der Waals surface area contributed by atoms with Gasteiger partial charge < -0.3 is 4.90 Å². The van der Waals surface area contributed by atoms with Crippen molar-refractivity contribution in [1.82, 2.24) is 15.0 Å². The van der Waals surface area contributed by atoms with E-state index in [0.29, 0.717) is 0 Å². The number of allylic oxidation sites excluding steroid dienone is 4. The fourth-order valence-electron chi connectivity index (χ4n) is 4.69. The lowest BCUT2D eigenvalue weighted by molar-refractivity contribution is 0.588. The number of unbranched alkanes of at least 4 members (excludes halogenated alkanes) is 1. The van der Waals surface area contributed by atoms with Crippen LogP contribution in [0.1, 0.15) is 57.6 Å². The van der Waals surface area contributed by atoms with Crippen LogP contribution in [0.15, 0.2) is 66.8 Å². The summed E-state index contributed by atoms with van der Waals surface area (Å²) in [6.07, 6.45) is 8.95. The zero-order valence-corrected chi connectivity index (χ0v) is 18.7. The Hall–Kier alpha value is -3.14. The molecule has 2 aliphatic rings. The molecular formula is C27H30N4. The van der Waals surface area contributed by atoms with E-state index in [1.807, 2.05) is 4.80 Å². The molecule has 0 saturated heterocycles. The fraction of sp³-hybridized carbons (Fsp3) is 0.333. The zero-order valence-electron chi connectivity index (χ0n) is 18.7. The average molecular weight is 411 g/mol. The fourth-order valence-corrected chi connectivity index (χ4v) is 4.69. The highest BCUT2D eigenvalue weighted by Crippen LogP contribution is 2.43. The molecule has 0 fully saturated rings. The molecule has 2 aromatic carbocycles. The highest BCUT2D eigenvalue weighted by molar-refractivity contribution is 6.01. The lowest BCUT2D eigenvalue weighted by atomic mass is 9.74. The number of hydrogen-bond acceptors (Lipinski definition) is 3. The van der Waals surface area contributed by atoms with Crippen molar-refractivity contribution in [3.8, 4) is 0 Å². The van der Waals surface area contributed by atoms with E-state index in [2.05, 4.69) is 86.9 Å². The quantitative estimate of drug-likeness (QED) is 0.461. The van der Waals surface area contributed by atoms with Crippen LogP contribution in [-0.4, -0.2) is 21.5 Å². The van der Waals surface area contributed by atoms with Gasteiger partial charge in [-0.05, 0) is 43.0 Å². The van der Waals surface area contributed by atoms with Crippen molar-refractivity contribution in [3.63, 3.8) is 0 Å². The van der Waals surface area contributed by atoms with Crippen molar-refractivity contribution in [3.05, 3.63) is 77.9 Å². The van der Waals surface area contributed by atoms with Crippen molar-refractivity contribution in [2.75, 3.05) is 11.4 Å². The minimum Gasteiger partial charge on any atom is -0.341 e. The summed E-state index contributed by atoms with van der Waals surface area (Å²) in [5.74, 6) is 0. The Labute approximate surface area is 184 Å². The molecule has 5 rings (SSSR count). The largest absolute Gasteiger partial charge is 0.341 e. The van der Waals surface area contributed by atoms with Gasteiger partial charge in [-0.3, -0.25) is 0 Å². The third-order valence-corrected chi connectivity index (χ3v) is 6.78. The second-order valence-electron chi connectivity index (χ2n) is 9.13. The van der Waals surface area contributed by atoms with E-state index in [-0.39, 0.29) is 5.41 Å². The molecule has 0 atom stereocenters. The first-order valence-electron chi connectivity index (χ1n) is 11.3. The lowest BCUT2D eigenvalue weighted by Crippen LogP contribution is -2.31. The van der Waals surface area contributed by atoms with Crippen LogP contribution in [0.25, 0.3) is 22.4 Å². The summed E-state index contributed by atoms with van der Waals surface area (Å²) in [6, 6.07) is 15.1. The predicted octanol–water partition coefficient (Wildman–Crippen LogP) is 6.56. The number of nitrogens with zero attached hydrogens (tertiary/aromatic N) is 4. The molecule has 0 bridgehead atoms. The van der Waals surface area contributed by atoms with Gasteiger partial charge in [0, 0.05) is 23.2 Å². The molecule has 0 saturated carbocycles. The topological polar surface area (TPSA) is 34.0 Å². The monoisotopic (exact) mass is 410 g/mol. The molecule has 0 spiro atoms. The van der Waals surface area contributed by atoms with E-state index in [0.717, 1.165) is 41.8 Å². The number of anilines is 1. The van der Waals surface area contributed by atoms with Gasteiger partial charge in [0.2, 0.25) is 0 Å². The minimum absolute atomic E-state index is 0.0197. The molecular weight excluding hydrogens is 380 g/mol. The average Bonchev–Trinajstić information content (AvgIpc) is 3.22. The lowest BCUT2D eigenvalue weighted by Gasteiger charge is -2.38. The van der Waals surface area contributed by atoms with Gasteiger partial charge in [-0.25, -0.2) is 0 Å². The highest BCUT2D eigenvalue weighted by Gasteiger charge is 2.29. The molecule has 4 heteroatoms. The number of aromatic nitrogens is 3. The Morgan fingerprint density at radius 1 is 1.06 bits per heavy atom. The molecule has 0 unspecified atom stereocenters. The molecule has 1 aromatic heterocycles. The highest BCUT2D eigenvalue weighted by atomic mass is 15.5. The maximum atomic E-state index is 4.84. The van der Waals surface area contributed by atoms with Gasteiger partial charge in [-0.1, -0.05) is 75.8 Å². The van der Waals surface area contributed by atoms with Crippen molar-refractivity contribution >= 4 is 28.1 Å². The molecule has 1 aliphatic carbocycles. The summed E-state index contributed by atoms with van der Waals surface area (Å²) in [6.45, 7) is 12.1. The molecule has 1 aliphatic heterocycles. The van der Waals surface area contributed by atoms with Crippen LogP contribution >= 0.6 is 0 Å². The van der Waals surface area contributed by atoms with Gasteiger partial charge in [0.15, 0.2) is 0 Å².